The highest BCUT2D eigenvalue weighted by atomic mass is 19.4. The number of carbonyl (C=O) groups is 1. The first-order chi connectivity index (χ1) is 19.9. The average Bonchev–Trinajstić information content (AvgIpc) is 3.25. The summed E-state index contributed by atoms with van der Waals surface area (Å²) >= 11 is 0. The SMILES string of the molecule is NC(=O)OC(c1ccc(OC(F)(F)F)cc1)c1c(N)nc(-n2nc(Cc3ccccc3F)c3ncc(F)cc32)nc1N. The maximum absolute atomic E-state index is 14.3. The second kappa shape index (κ2) is 10.8. The van der Waals surface area contributed by atoms with Crippen LogP contribution in [0.3, 0.4) is 0 Å². The molecule has 5 aromatic rings. The van der Waals surface area contributed by atoms with Gasteiger partial charge in [-0.05, 0) is 29.3 Å². The predicted octanol–water partition coefficient (Wildman–Crippen LogP) is 4.33. The van der Waals surface area contributed by atoms with E-state index in [1.807, 2.05) is 0 Å². The van der Waals surface area contributed by atoms with Gasteiger partial charge in [-0.1, -0.05) is 30.3 Å². The number of halogens is 5. The summed E-state index contributed by atoms with van der Waals surface area (Å²) in [6.45, 7) is 0. The van der Waals surface area contributed by atoms with E-state index in [-0.39, 0.29) is 51.9 Å². The molecular weight excluding hydrogens is 567 g/mol. The summed E-state index contributed by atoms with van der Waals surface area (Å²) in [5.41, 5.74) is 18.5. The molecule has 3 aromatic heterocycles. The van der Waals surface area contributed by atoms with Crippen LogP contribution in [-0.4, -0.2) is 37.2 Å². The first kappa shape index (κ1) is 28.0. The number of nitrogens with two attached hydrogens (primary N) is 3. The highest BCUT2D eigenvalue weighted by molar-refractivity contribution is 5.79. The Morgan fingerprint density at radius 1 is 1.00 bits per heavy atom. The molecule has 11 nitrogen and oxygen atoms in total. The Kier molecular flexibility index (Phi) is 7.20. The molecule has 0 aliphatic carbocycles. The number of fused-ring (bicyclic) bond motifs is 1. The molecule has 3 heterocycles. The average molecular weight is 586 g/mol. The number of anilines is 2. The number of carbonyl (C=O) groups excluding carboxylic acids is 1. The molecule has 0 spiro atoms. The number of aromatic nitrogens is 5. The Labute approximate surface area is 232 Å². The number of amides is 1. The van der Waals surface area contributed by atoms with Crippen molar-refractivity contribution in [1.29, 1.82) is 0 Å². The summed E-state index contributed by atoms with van der Waals surface area (Å²) < 4.78 is 76.4. The fourth-order valence-electron chi connectivity index (χ4n) is 4.24. The summed E-state index contributed by atoms with van der Waals surface area (Å²) in [5.74, 6) is -2.57. The number of primary amides is 1. The molecule has 0 saturated carbocycles. The van der Waals surface area contributed by atoms with E-state index in [1.54, 1.807) is 12.1 Å². The van der Waals surface area contributed by atoms with Gasteiger partial charge in [0.2, 0.25) is 0 Å². The van der Waals surface area contributed by atoms with Crippen LogP contribution in [0.5, 0.6) is 5.75 Å². The first-order valence-electron chi connectivity index (χ1n) is 11.9. The number of hydrogen-bond donors (Lipinski definition) is 3. The molecule has 1 unspecified atom stereocenters. The molecule has 0 aliphatic rings. The van der Waals surface area contributed by atoms with Gasteiger partial charge in [0.15, 0.2) is 6.10 Å². The zero-order valence-electron chi connectivity index (χ0n) is 21.1. The van der Waals surface area contributed by atoms with Crippen LogP contribution in [0.25, 0.3) is 17.0 Å². The zero-order valence-corrected chi connectivity index (χ0v) is 21.1. The molecule has 6 N–H and O–H groups in total. The minimum absolute atomic E-state index is 0.000424. The summed E-state index contributed by atoms with van der Waals surface area (Å²) in [4.78, 5) is 24.2. The number of ether oxygens (including phenoxy) is 2. The van der Waals surface area contributed by atoms with Crippen molar-refractivity contribution in [3.05, 3.63) is 94.8 Å². The molecule has 5 rings (SSSR count). The van der Waals surface area contributed by atoms with Gasteiger partial charge in [-0.2, -0.15) is 19.7 Å². The number of pyridine rings is 1. The lowest BCUT2D eigenvalue weighted by Crippen LogP contribution is -2.22. The molecule has 216 valence electrons. The molecule has 0 saturated heterocycles. The molecular formula is C26H19F5N8O3. The van der Waals surface area contributed by atoms with E-state index >= 15 is 0 Å². The highest BCUT2D eigenvalue weighted by Crippen LogP contribution is 2.35. The van der Waals surface area contributed by atoms with Gasteiger partial charge in [0, 0.05) is 12.5 Å². The number of rotatable bonds is 7. The van der Waals surface area contributed by atoms with Gasteiger partial charge in [0.05, 0.1) is 23.0 Å². The molecule has 1 atom stereocenters. The fraction of sp³-hybridized carbons (Fsp3) is 0.115. The van der Waals surface area contributed by atoms with Crippen LogP contribution in [0.2, 0.25) is 0 Å². The highest BCUT2D eigenvalue weighted by Gasteiger charge is 2.32. The largest absolute Gasteiger partial charge is 0.573 e. The molecule has 16 heteroatoms. The van der Waals surface area contributed by atoms with Gasteiger partial charge in [0.1, 0.15) is 34.5 Å². The Hall–Kier alpha value is -5.54. The lowest BCUT2D eigenvalue weighted by atomic mass is 10.0. The van der Waals surface area contributed by atoms with Crippen LogP contribution >= 0.6 is 0 Å². The lowest BCUT2D eigenvalue weighted by molar-refractivity contribution is -0.274. The molecule has 0 bridgehead atoms. The smallest absolute Gasteiger partial charge is 0.436 e. The van der Waals surface area contributed by atoms with Gasteiger partial charge in [-0.3, -0.25) is 0 Å². The van der Waals surface area contributed by atoms with E-state index in [1.165, 1.54) is 24.3 Å². The quantitative estimate of drug-likeness (QED) is 0.235. The maximum Gasteiger partial charge on any atom is 0.573 e. The second-order valence-corrected chi connectivity index (χ2v) is 8.79. The van der Waals surface area contributed by atoms with Gasteiger partial charge >= 0.3 is 12.5 Å². The number of nitrogen functional groups attached to an aromatic ring is 2. The first-order valence-corrected chi connectivity index (χ1v) is 11.9. The third-order valence-corrected chi connectivity index (χ3v) is 5.97. The molecule has 1 amide bonds. The predicted molar refractivity (Wildman–Crippen MR) is 138 cm³/mol. The van der Waals surface area contributed by atoms with Crippen LogP contribution in [0.1, 0.15) is 28.5 Å². The summed E-state index contributed by atoms with van der Waals surface area (Å²) in [7, 11) is 0. The Morgan fingerprint density at radius 2 is 1.67 bits per heavy atom. The van der Waals surface area contributed by atoms with E-state index in [0.29, 0.717) is 5.56 Å². The normalized spacial score (nSPS) is 12.3. The number of benzene rings is 2. The van der Waals surface area contributed by atoms with Crippen molar-refractivity contribution in [3.8, 4) is 11.7 Å². The fourth-order valence-corrected chi connectivity index (χ4v) is 4.24. The van der Waals surface area contributed by atoms with E-state index in [4.69, 9.17) is 21.9 Å². The van der Waals surface area contributed by atoms with Crippen molar-refractivity contribution in [2.75, 3.05) is 11.5 Å². The number of hydrogen-bond acceptors (Lipinski definition) is 9. The maximum atomic E-state index is 14.3. The van der Waals surface area contributed by atoms with Crippen LogP contribution in [0, 0.1) is 11.6 Å². The van der Waals surface area contributed by atoms with E-state index in [9.17, 15) is 26.7 Å². The topological polar surface area (TPSA) is 170 Å². The standard InChI is InChI=1S/C26H19F5N8O3/c27-14-10-18-20(35-11-14)17(9-13-3-1-2-4-16(13)28)38-39(18)25-36-22(32)19(23(33)37-25)21(41-24(34)40)12-5-7-15(8-6-12)42-26(29,30)31/h1-8,10-11,21H,9H2,(H2,34,40)(H4,32,33,36,37). The monoisotopic (exact) mass is 586 g/mol. The number of nitrogens with zero attached hydrogens (tertiary/aromatic N) is 5. The van der Waals surface area contributed by atoms with Gasteiger partial charge in [0.25, 0.3) is 5.95 Å². The Morgan fingerprint density at radius 3 is 2.29 bits per heavy atom. The molecule has 0 aliphatic heterocycles. The van der Waals surface area contributed by atoms with Gasteiger partial charge in [-0.15, -0.1) is 13.2 Å². The molecule has 0 radical (unpaired) electrons. The van der Waals surface area contributed by atoms with Crippen LogP contribution in [0.15, 0.2) is 60.8 Å². The van der Waals surface area contributed by atoms with E-state index in [2.05, 4.69) is 24.8 Å². The third-order valence-electron chi connectivity index (χ3n) is 5.97. The van der Waals surface area contributed by atoms with E-state index in [0.717, 1.165) is 29.1 Å². The van der Waals surface area contributed by atoms with Crippen LogP contribution < -0.4 is 21.9 Å². The van der Waals surface area contributed by atoms with Crippen molar-refractivity contribution >= 4 is 28.8 Å². The van der Waals surface area contributed by atoms with Crippen LogP contribution in [0.4, 0.5) is 38.4 Å². The second-order valence-electron chi connectivity index (χ2n) is 8.79. The molecule has 42 heavy (non-hydrogen) atoms. The Balaban J connectivity index is 1.57. The van der Waals surface area contributed by atoms with E-state index < -0.39 is 35.9 Å². The third kappa shape index (κ3) is 5.81. The summed E-state index contributed by atoms with van der Waals surface area (Å²) in [5, 5.41) is 4.41. The van der Waals surface area contributed by atoms with Crippen molar-refractivity contribution < 1.29 is 36.2 Å². The summed E-state index contributed by atoms with van der Waals surface area (Å²) in [6, 6.07) is 11.5. The van der Waals surface area contributed by atoms with Gasteiger partial charge < -0.3 is 26.7 Å². The van der Waals surface area contributed by atoms with Gasteiger partial charge in [-0.25, -0.2) is 18.6 Å². The van der Waals surface area contributed by atoms with Crippen molar-refractivity contribution in [3.63, 3.8) is 0 Å². The lowest BCUT2D eigenvalue weighted by Gasteiger charge is -2.20. The van der Waals surface area contributed by atoms with Crippen LogP contribution in [-0.2, 0) is 11.2 Å². The Bertz CT molecular complexity index is 1770. The van der Waals surface area contributed by atoms with Crippen molar-refractivity contribution in [1.82, 2.24) is 24.7 Å². The summed E-state index contributed by atoms with van der Waals surface area (Å²) in [6.07, 6.45) is -6.63. The minimum atomic E-state index is -4.92. The molecule has 0 fully saturated rings. The van der Waals surface area contributed by atoms with Crippen molar-refractivity contribution in [2.24, 2.45) is 5.73 Å². The molecule has 2 aromatic carbocycles. The number of alkyl halides is 3. The minimum Gasteiger partial charge on any atom is -0.436 e. The zero-order chi connectivity index (χ0) is 30.2. The van der Waals surface area contributed by atoms with Crippen molar-refractivity contribution in [2.45, 2.75) is 18.9 Å².